The molecule has 0 saturated carbocycles. The van der Waals surface area contributed by atoms with Gasteiger partial charge in [-0.1, -0.05) is 17.7 Å². The third-order valence-electron chi connectivity index (χ3n) is 2.67. The molecule has 2 aromatic rings. The molecule has 0 aliphatic carbocycles. The van der Waals surface area contributed by atoms with Crippen LogP contribution in [0.3, 0.4) is 0 Å². The minimum Gasteiger partial charge on any atom is -0.381 e. The lowest BCUT2D eigenvalue weighted by molar-refractivity contribution is 0.607. The molecule has 0 bridgehead atoms. The summed E-state index contributed by atoms with van der Waals surface area (Å²) in [6, 6.07) is 12.8. The highest BCUT2D eigenvalue weighted by molar-refractivity contribution is 9.10. The van der Waals surface area contributed by atoms with E-state index in [-0.39, 0.29) is 0 Å². The monoisotopic (exact) mass is 388 g/mol. The van der Waals surface area contributed by atoms with Gasteiger partial charge in [0.05, 0.1) is 11.3 Å². The number of rotatable bonds is 5. The Hall–Kier alpha value is -1.24. The molecule has 0 heterocycles. The predicted molar refractivity (Wildman–Crippen MR) is 91.4 cm³/mol. The fourth-order valence-electron chi connectivity index (χ4n) is 1.72. The van der Waals surface area contributed by atoms with Gasteiger partial charge in [-0.2, -0.15) is 0 Å². The van der Waals surface area contributed by atoms with Gasteiger partial charge in [-0.05, 0) is 57.9 Å². The Balaban J connectivity index is 1.99. The maximum atomic E-state index is 11.1. The fraction of sp³-hybridized carbons (Fsp3) is 0.143. The number of anilines is 2. The first kappa shape index (κ1) is 16.1. The Morgan fingerprint density at radius 2 is 1.71 bits per heavy atom. The van der Waals surface area contributed by atoms with Gasteiger partial charge in [0, 0.05) is 22.4 Å². The molecule has 0 aliphatic heterocycles. The van der Waals surface area contributed by atoms with Crippen molar-refractivity contribution in [3.05, 3.63) is 57.5 Å². The van der Waals surface area contributed by atoms with Crippen molar-refractivity contribution in [2.45, 2.75) is 6.54 Å². The largest absolute Gasteiger partial charge is 0.381 e. The van der Waals surface area contributed by atoms with Crippen LogP contribution in [0.15, 0.2) is 46.9 Å². The van der Waals surface area contributed by atoms with Gasteiger partial charge in [0.25, 0.3) is 0 Å². The van der Waals surface area contributed by atoms with Crippen molar-refractivity contribution in [2.24, 2.45) is 0 Å². The Morgan fingerprint density at radius 3 is 2.29 bits per heavy atom. The Labute approximate surface area is 137 Å². The standard InChI is InChI=1S/C14H14BrClN2O2S/c1-21(19,20)18-12-5-3-11(4-6-12)17-9-10-2-7-13(15)14(16)8-10/h2-8,17-18H,9H2,1H3. The summed E-state index contributed by atoms with van der Waals surface area (Å²) in [5, 5.41) is 3.92. The van der Waals surface area contributed by atoms with E-state index in [9.17, 15) is 8.42 Å². The number of halogens is 2. The van der Waals surface area contributed by atoms with Gasteiger partial charge in [-0.3, -0.25) is 4.72 Å². The average molecular weight is 390 g/mol. The second kappa shape index (κ2) is 6.68. The van der Waals surface area contributed by atoms with E-state index in [0.29, 0.717) is 17.3 Å². The first-order valence-electron chi connectivity index (χ1n) is 6.09. The second-order valence-electron chi connectivity index (χ2n) is 4.55. The molecule has 0 aromatic heterocycles. The number of sulfonamides is 1. The highest BCUT2D eigenvalue weighted by atomic mass is 79.9. The van der Waals surface area contributed by atoms with Crippen molar-refractivity contribution in [3.63, 3.8) is 0 Å². The van der Waals surface area contributed by atoms with Gasteiger partial charge >= 0.3 is 0 Å². The third-order valence-corrected chi connectivity index (χ3v) is 4.51. The van der Waals surface area contributed by atoms with Gasteiger partial charge in [0.1, 0.15) is 0 Å². The number of benzene rings is 2. The van der Waals surface area contributed by atoms with E-state index in [1.54, 1.807) is 12.1 Å². The van der Waals surface area contributed by atoms with Crippen molar-refractivity contribution >= 4 is 48.9 Å². The first-order valence-corrected chi connectivity index (χ1v) is 9.15. The minimum atomic E-state index is -3.24. The molecule has 0 fully saturated rings. The topological polar surface area (TPSA) is 58.2 Å². The van der Waals surface area contributed by atoms with Crippen LogP contribution in [0.1, 0.15) is 5.56 Å². The van der Waals surface area contributed by atoms with E-state index in [1.807, 2.05) is 30.3 Å². The van der Waals surface area contributed by atoms with Crippen LogP contribution < -0.4 is 10.0 Å². The van der Waals surface area contributed by atoms with E-state index in [2.05, 4.69) is 26.0 Å². The summed E-state index contributed by atoms with van der Waals surface area (Å²) < 4.78 is 25.5. The van der Waals surface area contributed by atoms with Crippen LogP contribution in [0.4, 0.5) is 11.4 Å². The molecule has 2 rings (SSSR count). The molecule has 7 heteroatoms. The molecular formula is C14H14BrClN2O2S. The smallest absolute Gasteiger partial charge is 0.229 e. The van der Waals surface area contributed by atoms with Gasteiger partial charge in [0.15, 0.2) is 0 Å². The molecule has 2 aromatic carbocycles. The second-order valence-corrected chi connectivity index (χ2v) is 7.56. The Kier molecular flexibility index (Phi) is 5.13. The zero-order valence-electron chi connectivity index (χ0n) is 11.2. The molecule has 4 nitrogen and oxygen atoms in total. The summed E-state index contributed by atoms with van der Waals surface area (Å²) in [7, 11) is -3.24. The molecule has 0 amide bonds. The SMILES string of the molecule is CS(=O)(=O)Nc1ccc(NCc2ccc(Br)c(Cl)c2)cc1. The van der Waals surface area contributed by atoms with Crippen LogP contribution in [0.5, 0.6) is 0 Å². The van der Waals surface area contributed by atoms with E-state index in [0.717, 1.165) is 22.0 Å². The lowest BCUT2D eigenvalue weighted by Crippen LogP contribution is -2.09. The molecule has 0 spiro atoms. The minimum absolute atomic E-state index is 0.537. The van der Waals surface area contributed by atoms with Crippen molar-refractivity contribution < 1.29 is 8.42 Å². The average Bonchev–Trinajstić information content (AvgIpc) is 2.40. The van der Waals surface area contributed by atoms with E-state index < -0.39 is 10.0 Å². The van der Waals surface area contributed by atoms with Gasteiger partial charge in [0.2, 0.25) is 10.0 Å². The van der Waals surface area contributed by atoms with E-state index in [4.69, 9.17) is 11.6 Å². The summed E-state index contributed by atoms with van der Waals surface area (Å²) in [6.45, 7) is 0.631. The summed E-state index contributed by atoms with van der Waals surface area (Å²) in [5.74, 6) is 0. The Bertz CT molecular complexity index is 733. The predicted octanol–water partition coefficient (Wildman–Crippen LogP) is 4.09. The normalized spacial score (nSPS) is 11.2. The van der Waals surface area contributed by atoms with Gasteiger partial charge < -0.3 is 5.32 Å². The Morgan fingerprint density at radius 1 is 1.10 bits per heavy atom. The van der Waals surface area contributed by atoms with Crippen molar-refractivity contribution in [3.8, 4) is 0 Å². The number of hydrogen-bond donors (Lipinski definition) is 2. The molecule has 0 aliphatic rings. The van der Waals surface area contributed by atoms with Crippen molar-refractivity contribution in [1.82, 2.24) is 0 Å². The van der Waals surface area contributed by atoms with Crippen LogP contribution >= 0.6 is 27.5 Å². The van der Waals surface area contributed by atoms with E-state index in [1.165, 1.54) is 0 Å². The molecule has 0 unspecified atom stereocenters. The van der Waals surface area contributed by atoms with Gasteiger partial charge in [-0.15, -0.1) is 0 Å². The van der Waals surface area contributed by atoms with Crippen LogP contribution in [0.25, 0.3) is 0 Å². The lowest BCUT2D eigenvalue weighted by Gasteiger charge is -2.09. The summed E-state index contributed by atoms with van der Waals surface area (Å²) >= 11 is 9.39. The first-order chi connectivity index (χ1) is 9.83. The van der Waals surface area contributed by atoms with Gasteiger partial charge in [-0.25, -0.2) is 8.42 Å². The maximum Gasteiger partial charge on any atom is 0.229 e. The fourth-order valence-corrected chi connectivity index (χ4v) is 2.74. The summed E-state index contributed by atoms with van der Waals surface area (Å²) in [4.78, 5) is 0. The van der Waals surface area contributed by atoms with Crippen molar-refractivity contribution in [2.75, 3.05) is 16.3 Å². The number of nitrogens with one attached hydrogen (secondary N) is 2. The highest BCUT2D eigenvalue weighted by Crippen LogP contribution is 2.23. The molecule has 0 atom stereocenters. The molecule has 2 N–H and O–H groups in total. The molecule has 112 valence electrons. The molecular weight excluding hydrogens is 376 g/mol. The van der Waals surface area contributed by atoms with Crippen LogP contribution in [0, 0.1) is 0 Å². The summed E-state index contributed by atoms with van der Waals surface area (Å²) in [6.07, 6.45) is 1.12. The zero-order valence-corrected chi connectivity index (χ0v) is 14.4. The van der Waals surface area contributed by atoms with Crippen molar-refractivity contribution in [1.29, 1.82) is 0 Å². The van der Waals surface area contributed by atoms with Crippen LogP contribution in [-0.2, 0) is 16.6 Å². The molecule has 21 heavy (non-hydrogen) atoms. The third kappa shape index (κ3) is 5.22. The zero-order chi connectivity index (χ0) is 15.5. The quantitative estimate of drug-likeness (QED) is 0.810. The number of hydrogen-bond acceptors (Lipinski definition) is 3. The summed E-state index contributed by atoms with van der Waals surface area (Å²) in [5.41, 5.74) is 2.49. The molecule has 0 saturated heterocycles. The molecule has 0 radical (unpaired) electrons. The highest BCUT2D eigenvalue weighted by Gasteiger charge is 2.02. The van der Waals surface area contributed by atoms with Crippen LogP contribution in [-0.4, -0.2) is 14.7 Å². The van der Waals surface area contributed by atoms with E-state index >= 15 is 0 Å². The lowest BCUT2D eigenvalue weighted by atomic mass is 10.2. The van der Waals surface area contributed by atoms with Crippen LogP contribution in [0.2, 0.25) is 5.02 Å². The maximum absolute atomic E-state index is 11.1.